The summed E-state index contributed by atoms with van der Waals surface area (Å²) < 4.78 is 7.32. The van der Waals surface area contributed by atoms with Gasteiger partial charge in [0.2, 0.25) is 0 Å². The molecule has 0 unspecified atom stereocenters. The van der Waals surface area contributed by atoms with Gasteiger partial charge in [0.25, 0.3) is 5.56 Å². The molecule has 2 aromatic carbocycles. The van der Waals surface area contributed by atoms with Crippen LogP contribution in [0.2, 0.25) is 5.02 Å². The number of ether oxygens (including phenoxy) is 1. The van der Waals surface area contributed by atoms with E-state index in [-0.39, 0.29) is 24.3 Å². The van der Waals surface area contributed by atoms with Crippen molar-refractivity contribution in [1.29, 1.82) is 0 Å². The topological polar surface area (TPSA) is 107 Å². The third-order valence-electron chi connectivity index (χ3n) is 4.45. The summed E-state index contributed by atoms with van der Waals surface area (Å²) in [4.78, 5) is 35.8. The highest BCUT2D eigenvalue weighted by atomic mass is 35.5. The molecule has 30 heavy (non-hydrogen) atoms. The van der Waals surface area contributed by atoms with Crippen molar-refractivity contribution in [1.82, 2.24) is 19.5 Å². The Bertz CT molecular complexity index is 1310. The maximum Gasteiger partial charge on any atom is 0.335 e. The monoisotopic (exact) mass is 422 g/mol. The molecule has 0 fully saturated rings. The fourth-order valence-electron chi connectivity index (χ4n) is 3.00. The van der Waals surface area contributed by atoms with Gasteiger partial charge in [-0.15, -0.1) is 0 Å². The molecule has 0 saturated heterocycles. The lowest BCUT2D eigenvalue weighted by Gasteiger charge is -2.13. The Morgan fingerprint density at radius 1 is 1.17 bits per heavy atom. The Balaban J connectivity index is 1.58. The number of carbonyl (C=O) groups is 1. The zero-order valence-electron chi connectivity index (χ0n) is 15.5. The molecule has 8 nitrogen and oxygen atoms in total. The third-order valence-corrected chi connectivity index (χ3v) is 4.69. The number of carboxylic acid groups (broad SMARTS) is 1. The summed E-state index contributed by atoms with van der Waals surface area (Å²) in [5.41, 5.74) is 1.56. The molecule has 0 radical (unpaired) electrons. The van der Waals surface area contributed by atoms with Gasteiger partial charge in [-0.2, -0.15) is 0 Å². The molecule has 2 aromatic heterocycles. The standard InChI is InChI=1S/C21H15ClN4O4/c22-15-4-5-18(16(9-15)13-2-1-3-14(8-13)21(28)29)30-7-6-26-12-25-19-17(20(26)27)10-23-11-24-19/h1-5,8-12H,6-7H2,(H,28,29). The fraction of sp³-hybridized carbons (Fsp3) is 0.0952. The molecule has 9 heteroatoms. The highest BCUT2D eigenvalue weighted by Gasteiger charge is 2.11. The Kier molecular flexibility index (Phi) is 5.40. The van der Waals surface area contributed by atoms with Gasteiger partial charge >= 0.3 is 5.97 Å². The average Bonchev–Trinajstić information content (AvgIpc) is 2.76. The van der Waals surface area contributed by atoms with E-state index in [0.29, 0.717) is 32.9 Å². The molecule has 4 aromatic rings. The second-order valence-corrected chi connectivity index (χ2v) is 6.81. The van der Waals surface area contributed by atoms with E-state index in [0.717, 1.165) is 0 Å². The molecule has 0 bridgehead atoms. The highest BCUT2D eigenvalue weighted by molar-refractivity contribution is 6.31. The molecule has 2 heterocycles. The number of carboxylic acids is 1. The highest BCUT2D eigenvalue weighted by Crippen LogP contribution is 2.33. The zero-order valence-corrected chi connectivity index (χ0v) is 16.3. The van der Waals surface area contributed by atoms with Crippen LogP contribution >= 0.6 is 11.6 Å². The largest absolute Gasteiger partial charge is 0.491 e. The summed E-state index contributed by atoms with van der Waals surface area (Å²) in [6, 6.07) is 11.6. The molecule has 4 rings (SSSR count). The van der Waals surface area contributed by atoms with Gasteiger partial charge in [0.15, 0.2) is 5.65 Å². The predicted molar refractivity (Wildman–Crippen MR) is 111 cm³/mol. The maximum atomic E-state index is 12.5. The maximum absolute atomic E-state index is 12.5. The molecule has 0 aliphatic carbocycles. The second kappa shape index (κ2) is 8.30. The van der Waals surface area contributed by atoms with Crippen molar-refractivity contribution in [3.05, 3.63) is 82.3 Å². The van der Waals surface area contributed by atoms with Crippen LogP contribution in [0.3, 0.4) is 0 Å². The number of aromatic nitrogens is 4. The fourth-order valence-corrected chi connectivity index (χ4v) is 3.17. The van der Waals surface area contributed by atoms with Gasteiger partial charge in [0, 0.05) is 16.8 Å². The van der Waals surface area contributed by atoms with E-state index in [2.05, 4.69) is 15.0 Å². The number of nitrogens with zero attached hydrogens (tertiary/aromatic N) is 4. The molecule has 0 spiro atoms. The first-order valence-electron chi connectivity index (χ1n) is 8.94. The van der Waals surface area contributed by atoms with Crippen LogP contribution in [-0.4, -0.2) is 37.2 Å². The van der Waals surface area contributed by atoms with Crippen LogP contribution in [0, 0.1) is 0 Å². The number of hydrogen-bond acceptors (Lipinski definition) is 6. The number of benzene rings is 2. The number of halogens is 1. The van der Waals surface area contributed by atoms with Crippen molar-refractivity contribution in [2.45, 2.75) is 6.54 Å². The van der Waals surface area contributed by atoms with Crippen LogP contribution in [0.1, 0.15) is 10.4 Å². The van der Waals surface area contributed by atoms with Crippen molar-refractivity contribution in [3.8, 4) is 16.9 Å². The molecular weight excluding hydrogens is 408 g/mol. The van der Waals surface area contributed by atoms with E-state index in [4.69, 9.17) is 16.3 Å². The molecule has 0 saturated carbocycles. The summed E-state index contributed by atoms with van der Waals surface area (Å²) >= 11 is 6.14. The summed E-state index contributed by atoms with van der Waals surface area (Å²) in [7, 11) is 0. The average molecular weight is 423 g/mol. The lowest BCUT2D eigenvalue weighted by atomic mass is 10.0. The van der Waals surface area contributed by atoms with E-state index >= 15 is 0 Å². The van der Waals surface area contributed by atoms with E-state index in [9.17, 15) is 14.7 Å². The number of rotatable bonds is 6. The summed E-state index contributed by atoms with van der Waals surface area (Å²) in [5.74, 6) is -0.499. The Hall–Kier alpha value is -3.78. The van der Waals surface area contributed by atoms with Gasteiger partial charge in [-0.1, -0.05) is 23.7 Å². The second-order valence-electron chi connectivity index (χ2n) is 6.38. The summed E-state index contributed by atoms with van der Waals surface area (Å²) in [6.07, 6.45) is 4.19. The van der Waals surface area contributed by atoms with Gasteiger partial charge in [-0.05, 0) is 35.9 Å². The lowest BCUT2D eigenvalue weighted by Crippen LogP contribution is -2.24. The molecule has 0 aliphatic heterocycles. The Labute approximate surface area is 175 Å². The van der Waals surface area contributed by atoms with Crippen molar-refractivity contribution >= 4 is 28.6 Å². The molecule has 150 valence electrons. The van der Waals surface area contributed by atoms with Gasteiger partial charge in [-0.3, -0.25) is 9.36 Å². The van der Waals surface area contributed by atoms with Gasteiger partial charge in [0.1, 0.15) is 30.4 Å². The Morgan fingerprint density at radius 3 is 2.87 bits per heavy atom. The normalized spacial score (nSPS) is 10.8. The lowest BCUT2D eigenvalue weighted by molar-refractivity contribution is 0.0697. The zero-order chi connectivity index (χ0) is 21.1. The van der Waals surface area contributed by atoms with E-state index in [1.165, 1.54) is 29.5 Å². The molecule has 0 atom stereocenters. The molecule has 0 amide bonds. The Morgan fingerprint density at radius 2 is 2.03 bits per heavy atom. The van der Waals surface area contributed by atoms with E-state index < -0.39 is 5.97 Å². The van der Waals surface area contributed by atoms with Crippen LogP contribution in [0.25, 0.3) is 22.2 Å². The van der Waals surface area contributed by atoms with E-state index in [1.54, 1.807) is 36.4 Å². The minimum absolute atomic E-state index is 0.162. The predicted octanol–water partition coefficient (Wildman–Crippen LogP) is 3.28. The number of aromatic carboxylic acids is 1. The van der Waals surface area contributed by atoms with Gasteiger partial charge in [0.05, 0.1) is 12.1 Å². The first-order valence-corrected chi connectivity index (χ1v) is 9.32. The third kappa shape index (κ3) is 3.99. The quantitative estimate of drug-likeness (QED) is 0.508. The van der Waals surface area contributed by atoms with Crippen molar-refractivity contribution in [2.24, 2.45) is 0 Å². The SMILES string of the molecule is O=C(O)c1cccc(-c2cc(Cl)ccc2OCCn2cnc3ncncc3c2=O)c1. The minimum Gasteiger partial charge on any atom is -0.491 e. The molecule has 0 aliphatic rings. The van der Waals surface area contributed by atoms with Crippen molar-refractivity contribution < 1.29 is 14.6 Å². The van der Waals surface area contributed by atoms with E-state index in [1.807, 2.05) is 0 Å². The van der Waals surface area contributed by atoms with Gasteiger partial charge < -0.3 is 9.84 Å². The molecule has 1 N–H and O–H groups in total. The molecular formula is C21H15ClN4O4. The first-order chi connectivity index (χ1) is 14.5. The van der Waals surface area contributed by atoms with Crippen LogP contribution in [-0.2, 0) is 6.54 Å². The van der Waals surface area contributed by atoms with Crippen LogP contribution in [0.15, 0.2) is 66.1 Å². The number of fused-ring (bicyclic) bond motifs is 1. The van der Waals surface area contributed by atoms with Crippen LogP contribution < -0.4 is 10.3 Å². The van der Waals surface area contributed by atoms with Crippen LogP contribution in [0.4, 0.5) is 0 Å². The van der Waals surface area contributed by atoms with Crippen molar-refractivity contribution in [2.75, 3.05) is 6.61 Å². The van der Waals surface area contributed by atoms with Crippen LogP contribution in [0.5, 0.6) is 5.75 Å². The minimum atomic E-state index is -1.02. The summed E-state index contributed by atoms with van der Waals surface area (Å²) in [5, 5.41) is 10.1. The smallest absolute Gasteiger partial charge is 0.335 e. The first kappa shape index (κ1) is 19.5. The summed E-state index contributed by atoms with van der Waals surface area (Å²) in [6.45, 7) is 0.446. The van der Waals surface area contributed by atoms with Crippen molar-refractivity contribution in [3.63, 3.8) is 0 Å². The van der Waals surface area contributed by atoms with Gasteiger partial charge in [-0.25, -0.2) is 19.7 Å². The number of hydrogen-bond donors (Lipinski definition) is 1.